The topological polar surface area (TPSA) is 58.4 Å². The molecule has 0 bridgehead atoms. The lowest BCUT2D eigenvalue weighted by atomic mass is 10.1. The zero-order valence-corrected chi connectivity index (χ0v) is 15.0. The monoisotopic (exact) mass is 299 g/mol. The lowest BCUT2D eigenvalue weighted by Gasteiger charge is -2.26. The van der Waals surface area contributed by atoms with Gasteiger partial charge in [0.05, 0.1) is 6.04 Å². The highest BCUT2D eigenvalue weighted by Gasteiger charge is 2.17. The summed E-state index contributed by atoms with van der Waals surface area (Å²) in [5, 5.41) is 3.26. The van der Waals surface area contributed by atoms with E-state index in [-0.39, 0.29) is 18.0 Å². The Morgan fingerprint density at radius 1 is 0.905 bits per heavy atom. The molecule has 0 aromatic rings. The molecule has 21 heavy (non-hydrogen) atoms. The van der Waals surface area contributed by atoms with Gasteiger partial charge in [-0.3, -0.25) is 4.79 Å². The molecule has 0 saturated heterocycles. The second-order valence-corrected chi connectivity index (χ2v) is 7.27. The largest absolute Gasteiger partial charge is 0.368 e. The van der Waals surface area contributed by atoms with Gasteiger partial charge in [-0.15, -0.1) is 0 Å². The molecule has 0 heterocycles. The number of hydrogen-bond donors (Lipinski definition) is 2. The minimum absolute atomic E-state index is 0.217. The van der Waals surface area contributed by atoms with Crippen LogP contribution < -0.4 is 11.1 Å². The highest BCUT2D eigenvalue weighted by Crippen LogP contribution is 2.08. The first-order valence-corrected chi connectivity index (χ1v) is 8.50. The zero-order valence-electron chi connectivity index (χ0n) is 15.0. The minimum Gasteiger partial charge on any atom is -0.368 e. The lowest BCUT2D eigenvalue weighted by Crippen LogP contribution is -2.46. The van der Waals surface area contributed by atoms with Gasteiger partial charge in [0.25, 0.3) is 0 Å². The molecule has 3 N–H and O–H groups in total. The van der Waals surface area contributed by atoms with Gasteiger partial charge in [-0.1, -0.05) is 41.5 Å². The van der Waals surface area contributed by atoms with Crippen LogP contribution in [0, 0.1) is 11.8 Å². The van der Waals surface area contributed by atoms with Gasteiger partial charge in [0.1, 0.15) is 0 Å². The molecule has 1 unspecified atom stereocenters. The maximum atomic E-state index is 11.5. The quantitative estimate of drug-likeness (QED) is 0.582. The predicted octanol–water partition coefficient (Wildman–Crippen LogP) is 2.62. The van der Waals surface area contributed by atoms with Crippen LogP contribution in [0.4, 0.5) is 0 Å². The molecule has 0 aliphatic heterocycles. The third kappa shape index (κ3) is 11.7. The van der Waals surface area contributed by atoms with Gasteiger partial charge in [0.15, 0.2) is 0 Å². The first-order valence-electron chi connectivity index (χ1n) is 8.50. The summed E-state index contributed by atoms with van der Waals surface area (Å²) in [5.74, 6) is 1.19. The van der Waals surface area contributed by atoms with Crippen LogP contribution in [0.25, 0.3) is 0 Å². The van der Waals surface area contributed by atoms with Gasteiger partial charge in [-0.2, -0.15) is 0 Å². The van der Waals surface area contributed by atoms with E-state index in [0.29, 0.717) is 11.8 Å². The molecular formula is C17H37N3O. The summed E-state index contributed by atoms with van der Waals surface area (Å²) in [4.78, 5) is 14.0. The number of hydrogen-bond acceptors (Lipinski definition) is 3. The Labute approximate surface area is 131 Å². The molecule has 1 atom stereocenters. The van der Waals surface area contributed by atoms with Crippen molar-refractivity contribution < 1.29 is 4.79 Å². The van der Waals surface area contributed by atoms with Gasteiger partial charge in [-0.05, 0) is 44.2 Å². The van der Waals surface area contributed by atoms with Gasteiger partial charge >= 0.3 is 0 Å². The summed E-state index contributed by atoms with van der Waals surface area (Å²) < 4.78 is 0. The maximum absolute atomic E-state index is 11.5. The predicted molar refractivity (Wildman–Crippen MR) is 91.2 cm³/mol. The molecule has 0 aromatic carbocycles. The third-order valence-electron chi connectivity index (χ3n) is 3.66. The van der Waals surface area contributed by atoms with E-state index in [1.54, 1.807) is 0 Å². The maximum Gasteiger partial charge on any atom is 0.234 e. The highest BCUT2D eigenvalue weighted by atomic mass is 16.1. The van der Waals surface area contributed by atoms with Crippen LogP contribution in [0.5, 0.6) is 0 Å². The van der Waals surface area contributed by atoms with E-state index in [9.17, 15) is 4.79 Å². The standard InChI is InChI=1S/C17H37N3O/c1-13(2)7-10-20(11-8-14(3)4)12-9-16(17(18)21)19-15(5)6/h13-16,19H,7-12H2,1-6H3,(H2,18,21). The Morgan fingerprint density at radius 3 is 1.67 bits per heavy atom. The normalized spacial score (nSPS) is 13.6. The van der Waals surface area contributed by atoms with Gasteiger partial charge in [0.2, 0.25) is 5.91 Å². The molecule has 0 fully saturated rings. The Morgan fingerprint density at radius 2 is 1.33 bits per heavy atom. The van der Waals surface area contributed by atoms with Crippen LogP contribution in [0.15, 0.2) is 0 Å². The van der Waals surface area contributed by atoms with E-state index < -0.39 is 0 Å². The smallest absolute Gasteiger partial charge is 0.234 e. The summed E-state index contributed by atoms with van der Waals surface area (Å²) in [7, 11) is 0. The van der Waals surface area contributed by atoms with Crippen LogP contribution >= 0.6 is 0 Å². The van der Waals surface area contributed by atoms with Crippen molar-refractivity contribution in [2.45, 2.75) is 72.9 Å². The van der Waals surface area contributed by atoms with Crippen molar-refractivity contribution >= 4 is 5.91 Å². The Balaban J connectivity index is 4.37. The van der Waals surface area contributed by atoms with Crippen LogP contribution in [0.1, 0.15) is 60.8 Å². The molecule has 0 radical (unpaired) electrons. The zero-order chi connectivity index (χ0) is 16.4. The Bertz CT molecular complexity index is 265. The SMILES string of the molecule is CC(C)CCN(CCC(C)C)CCC(NC(C)C)C(N)=O. The van der Waals surface area contributed by atoms with Gasteiger partial charge in [0, 0.05) is 12.6 Å². The van der Waals surface area contributed by atoms with Crippen molar-refractivity contribution in [3.63, 3.8) is 0 Å². The van der Waals surface area contributed by atoms with Crippen molar-refractivity contribution in [3.05, 3.63) is 0 Å². The number of nitrogens with two attached hydrogens (primary N) is 1. The van der Waals surface area contributed by atoms with E-state index in [1.807, 2.05) is 13.8 Å². The van der Waals surface area contributed by atoms with Crippen LogP contribution in [0.2, 0.25) is 0 Å². The second-order valence-electron chi connectivity index (χ2n) is 7.27. The lowest BCUT2D eigenvalue weighted by molar-refractivity contribution is -0.120. The third-order valence-corrected chi connectivity index (χ3v) is 3.66. The number of primary amides is 1. The van der Waals surface area contributed by atoms with Crippen molar-refractivity contribution in [2.75, 3.05) is 19.6 Å². The number of nitrogens with zero attached hydrogens (tertiary/aromatic N) is 1. The average molecular weight is 300 g/mol. The molecule has 0 spiro atoms. The van der Waals surface area contributed by atoms with E-state index >= 15 is 0 Å². The summed E-state index contributed by atoms with van der Waals surface area (Å²) in [6.07, 6.45) is 3.21. The summed E-state index contributed by atoms with van der Waals surface area (Å²) >= 11 is 0. The van der Waals surface area contributed by atoms with E-state index in [4.69, 9.17) is 5.73 Å². The first kappa shape index (κ1) is 20.4. The Kier molecular flexibility index (Phi) is 10.7. The van der Waals surface area contributed by atoms with Gasteiger partial charge < -0.3 is 16.0 Å². The molecule has 0 aliphatic rings. The van der Waals surface area contributed by atoms with Crippen molar-refractivity contribution in [1.82, 2.24) is 10.2 Å². The van der Waals surface area contributed by atoms with Crippen LogP contribution in [-0.4, -0.2) is 42.5 Å². The number of rotatable bonds is 12. The summed E-state index contributed by atoms with van der Waals surface area (Å²) in [5.41, 5.74) is 5.50. The summed E-state index contributed by atoms with van der Waals surface area (Å²) in [6.45, 7) is 16.3. The first-order chi connectivity index (χ1) is 9.72. The van der Waals surface area contributed by atoms with Crippen molar-refractivity contribution in [3.8, 4) is 0 Å². The Hall–Kier alpha value is -0.610. The number of carbonyl (C=O) groups excluding carboxylic acids is 1. The number of nitrogens with one attached hydrogen (secondary N) is 1. The van der Waals surface area contributed by atoms with Crippen molar-refractivity contribution in [1.29, 1.82) is 0 Å². The molecule has 126 valence electrons. The van der Waals surface area contributed by atoms with Crippen LogP contribution in [-0.2, 0) is 4.79 Å². The molecule has 0 aliphatic carbocycles. The van der Waals surface area contributed by atoms with E-state index in [0.717, 1.165) is 26.1 Å². The molecule has 0 aromatic heterocycles. The molecule has 4 nitrogen and oxygen atoms in total. The average Bonchev–Trinajstić information content (AvgIpc) is 2.34. The van der Waals surface area contributed by atoms with Crippen LogP contribution in [0.3, 0.4) is 0 Å². The molecule has 1 amide bonds. The number of carbonyl (C=O) groups is 1. The van der Waals surface area contributed by atoms with Gasteiger partial charge in [-0.25, -0.2) is 0 Å². The van der Waals surface area contributed by atoms with E-state index in [2.05, 4.69) is 37.9 Å². The van der Waals surface area contributed by atoms with E-state index in [1.165, 1.54) is 12.8 Å². The fourth-order valence-corrected chi connectivity index (χ4v) is 2.24. The fourth-order valence-electron chi connectivity index (χ4n) is 2.24. The minimum atomic E-state index is -0.239. The molecule has 0 saturated carbocycles. The molecule has 4 heteroatoms. The molecular weight excluding hydrogens is 262 g/mol. The highest BCUT2D eigenvalue weighted by molar-refractivity contribution is 5.79. The summed E-state index contributed by atoms with van der Waals surface area (Å²) in [6, 6.07) is 0.0629. The second kappa shape index (κ2) is 11.0. The molecule has 0 rings (SSSR count). The van der Waals surface area contributed by atoms with Crippen molar-refractivity contribution in [2.24, 2.45) is 17.6 Å². The fraction of sp³-hybridized carbons (Fsp3) is 0.941. The number of amides is 1.